The Balaban J connectivity index is 2.06. The van der Waals surface area contributed by atoms with E-state index >= 15 is 0 Å². The van der Waals surface area contributed by atoms with Crippen LogP contribution in [0.3, 0.4) is 0 Å². The number of nitrogens with one attached hydrogen (secondary N) is 1. The monoisotopic (exact) mass is 296 g/mol. The Kier molecular flexibility index (Phi) is 4.91. The summed E-state index contributed by atoms with van der Waals surface area (Å²) in [5, 5.41) is 12.7. The molecule has 2 rings (SSSR count). The molecule has 1 amide bonds. The minimum absolute atomic E-state index is 0.0224. The van der Waals surface area contributed by atoms with E-state index in [1.807, 2.05) is 25.7 Å². The van der Waals surface area contributed by atoms with Crippen molar-refractivity contribution in [2.24, 2.45) is 5.41 Å². The van der Waals surface area contributed by atoms with E-state index in [0.29, 0.717) is 6.54 Å². The molecule has 2 unspecified atom stereocenters. The number of carbonyl (C=O) groups is 2. The molecule has 2 aliphatic rings. The van der Waals surface area contributed by atoms with Crippen molar-refractivity contribution >= 4 is 11.9 Å². The number of rotatable bonds is 4. The normalized spacial score (nSPS) is 28.2. The zero-order valence-corrected chi connectivity index (χ0v) is 13.4. The number of carboxylic acids is 1. The van der Waals surface area contributed by atoms with E-state index in [4.69, 9.17) is 0 Å². The van der Waals surface area contributed by atoms with Gasteiger partial charge < -0.3 is 10.4 Å². The quantitative estimate of drug-likeness (QED) is 0.832. The second-order valence-corrected chi connectivity index (χ2v) is 7.24. The first-order chi connectivity index (χ1) is 9.83. The van der Waals surface area contributed by atoms with Gasteiger partial charge >= 0.3 is 5.97 Å². The summed E-state index contributed by atoms with van der Waals surface area (Å²) >= 11 is 0. The van der Waals surface area contributed by atoms with Gasteiger partial charge in [-0.1, -0.05) is 26.7 Å². The van der Waals surface area contributed by atoms with Crippen LogP contribution in [0, 0.1) is 5.41 Å². The fourth-order valence-electron chi connectivity index (χ4n) is 3.87. The van der Waals surface area contributed by atoms with Gasteiger partial charge in [-0.15, -0.1) is 0 Å². The number of piperidine rings is 1. The number of carboxylic acid groups (broad SMARTS) is 1. The predicted molar refractivity (Wildman–Crippen MR) is 81.0 cm³/mol. The Hall–Kier alpha value is -1.10. The standard InChI is InChI=1S/C16H28N2O3/c1-11(14(19)17-12-7-4-5-8-12)18-10-6-9-16(2,3)13(18)15(20)21/h11-13H,4-10H2,1-3H3,(H,17,19)(H,20,21). The van der Waals surface area contributed by atoms with Gasteiger partial charge in [-0.05, 0) is 44.6 Å². The highest BCUT2D eigenvalue weighted by molar-refractivity contribution is 5.83. The molecule has 120 valence electrons. The summed E-state index contributed by atoms with van der Waals surface area (Å²) in [6.45, 7) is 6.49. The van der Waals surface area contributed by atoms with Gasteiger partial charge in [0, 0.05) is 6.04 Å². The van der Waals surface area contributed by atoms with Crippen LogP contribution in [0.5, 0.6) is 0 Å². The first kappa shape index (κ1) is 16.3. The Bertz CT molecular complexity index is 402. The molecule has 5 nitrogen and oxygen atoms in total. The summed E-state index contributed by atoms with van der Waals surface area (Å²) < 4.78 is 0. The maximum atomic E-state index is 12.4. The molecular formula is C16H28N2O3. The minimum Gasteiger partial charge on any atom is -0.480 e. The zero-order valence-electron chi connectivity index (χ0n) is 13.4. The Labute approximate surface area is 127 Å². The first-order valence-corrected chi connectivity index (χ1v) is 8.12. The molecule has 1 aliphatic heterocycles. The van der Waals surface area contributed by atoms with E-state index in [-0.39, 0.29) is 23.4 Å². The summed E-state index contributed by atoms with van der Waals surface area (Å²) in [6.07, 6.45) is 6.27. The summed E-state index contributed by atoms with van der Waals surface area (Å²) in [4.78, 5) is 26.0. The van der Waals surface area contributed by atoms with E-state index in [0.717, 1.165) is 25.7 Å². The van der Waals surface area contributed by atoms with Gasteiger partial charge in [-0.2, -0.15) is 0 Å². The first-order valence-electron chi connectivity index (χ1n) is 8.12. The number of nitrogens with zero attached hydrogens (tertiary/aromatic N) is 1. The Morgan fingerprint density at radius 1 is 1.24 bits per heavy atom. The number of amides is 1. The Morgan fingerprint density at radius 3 is 2.43 bits per heavy atom. The van der Waals surface area contributed by atoms with E-state index in [9.17, 15) is 14.7 Å². The molecule has 1 heterocycles. The van der Waals surface area contributed by atoms with E-state index < -0.39 is 12.0 Å². The van der Waals surface area contributed by atoms with Gasteiger partial charge in [0.2, 0.25) is 5.91 Å². The second-order valence-electron chi connectivity index (χ2n) is 7.24. The molecule has 0 radical (unpaired) electrons. The van der Waals surface area contributed by atoms with E-state index in [1.165, 1.54) is 12.8 Å². The summed E-state index contributed by atoms with van der Waals surface area (Å²) in [6, 6.07) is -0.692. The van der Waals surface area contributed by atoms with Gasteiger partial charge in [-0.25, -0.2) is 0 Å². The van der Waals surface area contributed by atoms with Crippen LogP contribution in [0.25, 0.3) is 0 Å². The molecule has 2 atom stereocenters. The fourth-order valence-corrected chi connectivity index (χ4v) is 3.87. The van der Waals surface area contributed by atoms with Crippen molar-refractivity contribution in [3.05, 3.63) is 0 Å². The third-order valence-electron chi connectivity index (χ3n) is 5.12. The van der Waals surface area contributed by atoms with Crippen molar-refractivity contribution in [2.45, 2.75) is 77.4 Å². The highest BCUT2D eigenvalue weighted by atomic mass is 16.4. The number of hydrogen-bond donors (Lipinski definition) is 2. The van der Waals surface area contributed by atoms with Crippen LogP contribution >= 0.6 is 0 Å². The van der Waals surface area contributed by atoms with Crippen LogP contribution in [-0.2, 0) is 9.59 Å². The molecule has 0 spiro atoms. The van der Waals surface area contributed by atoms with Gasteiger partial charge in [-0.3, -0.25) is 14.5 Å². The van der Waals surface area contributed by atoms with Crippen molar-refractivity contribution in [1.82, 2.24) is 10.2 Å². The maximum Gasteiger partial charge on any atom is 0.321 e. The van der Waals surface area contributed by atoms with Crippen LogP contribution < -0.4 is 5.32 Å². The molecule has 2 N–H and O–H groups in total. The lowest BCUT2D eigenvalue weighted by molar-refractivity contribution is -0.154. The number of aliphatic carboxylic acids is 1. The molecule has 0 aromatic heterocycles. The maximum absolute atomic E-state index is 12.4. The second kappa shape index (κ2) is 6.34. The zero-order chi connectivity index (χ0) is 15.6. The van der Waals surface area contributed by atoms with Crippen molar-refractivity contribution < 1.29 is 14.7 Å². The van der Waals surface area contributed by atoms with Gasteiger partial charge in [0.15, 0.2) is 0 Å². The van der Waals surface area contributed by atoms with E-state index in [1.54, 1.807) is 0 Å². The van der Waals surface area contributed by atoms with Gasteiger partial charge in [0.25, 0.3) is 0 Å². The number of carbonyl (C=O) groups excluding carboxylic acids is 1. The third kappa shape index (κ3) is 3.57. The molecule has 0 aromatic rings. The average molecular weight is 296 g/mol. The minimum atomic E-state index is -0.819. The molecule has 5 heteroatoms. The Morgan fingerprint density at radius 2 is 1.86 bits per heavy atom. The molecule has 0 aromatic carbocycles. The van der Waals surface area contributed by atoms with Crippen molar-refractivity contribution in [1.29, 1.82) is 0 Å². The molecule has 2 fully saturated rings. The van der Waals surface area contributed by atoms with Crippen LogP contribution in [0.1, 0.15) is 59.3 Å². The summed E-state index contributed by atoms with van der Waals surface area (Å²) in [7, 11) is 0. The average Bonchev–Trinajstić information content (AvgIpc) is 2.88. The predicted octanol–water partition coefficient (Wildman–Crippen LogP) is 2.01. The summed E-state index contributed by atoms with van der Waals surface area (Å²) in [5.74, 6) is -0.842. The topological polar surface area (TPSA) is 69.6 Å². The number of likely N-dealkylation sites (tertiary alicyclic amines) is 1. The highest BCUT2D eigenvalue weighted by Gasteiger charge is 2.45. The van der Waals surface area contributed by atoms with Crippen LogP contribution in [-0.4, -0.2) is 46.6 Å². The third-order valence-corrected chi connectivity index (χ3v) is 5.12. The lowest BCUT2D eigenvalue weighted by atomic mass is 9.76. The lowest BCUT2D eigenvalue weighted by Crippen LogP contribution is -2.60. The van der Waals surface area contributed by atoms with Crippen LogP contribution in [0.4, 0.5) is 0 Å². The fraction of sp³-hybridized carbons (Fsp3) is 0.875. The van der Waals surface area contributed by atoms with Gasteiger partial charge in [0.1, 0.15) is 6.04 Å². The summed E-state index contributed by atoms with van der Waals surface area (Å²) in [5.41, 5.74) is -0.300. The molecule has 0 bridgehead atoms. The van der Waals surface area contributed by atoms with E-state index in [2.05, 4.69) is 5.32 Å². The molecule has 1 saturated heterocycles. The molecule has 1 aliphatic carbocycles. The largest absolute Gasteiger partial charge is 0.480 e. The SMILES string of the molecule is CC(C(=O)NC1CCCC1)N1CCCC(C)(C)C1C(=O)O. The molecule has 1 saturated carbocycles. The van der Waals surface area contributed by atoms with Crippen molar-refractivity contribution in [3.63, 3.8) is 0 Å². The highest BCUT2D eigenvalue weighted by Crippen LogP contribution is 2.36. The smallest absolute Gasteiger partial charge is 0.321 e. The number of hydrogen-bond acceptors (Lipinski definition) is 3. The van der Waals surface area contributed by atoms with Crippen molar-refractivity contribution in [2.75, 3.05) is 6.54 Å². The molecule has 21 heavy (non-hydrogen) atoms. The van der Waals surface area contributed by atoms with Crippen LogP contribution in [0.15, 0.2) is 0 Å². The molecular weight excluding hydrogens is 268 g/mol. The van der Waals surface area contributed by atoms with Gasteiger partial charge in [0.05, 0.1) is 6.04 Å². The van der Waals surface area contributed by atoms with Crippen molar-refractivity contribution in [3.8, 4) is 0 Å². The lowest BCUT2D eigenvalue weighted by Gasteiger charge is -2.46. The van der Waals surface area contributed by atoms with Crippen LogP contribution in [0.2, 0.25) is 0 Å².